The van der Waals surface area contributed by atoms with Crippen LogP contribution in [0.2, 0.25) is 0 Å². The first-order chi connectivity index (χ1) is 29.5. The maximum atomic E-state index is 6.69. The molecule has 0 saturated carbocycles. The number of benzene rings is 9. The Hall–Kier alpha value is -7.42. The smallest absolute Gasteiger partial charge is 0.132 e. The van der Waals surface area contributed by atoms with Gasteiger partial charge in [-0.2, -0.15) is 0 Å². The van der Waals surface area contributed by atoms with Gasteiger partial charge in [0.15, 0.2) is 0 Å². The molecule has 3 aliphatic rings. The summed E-state index contributed by atoms with van der Waals surface area (Å²) in [5.74, 6) is 1.79. The molecule has 2 heteroatoms. The number of hydrogen-bond acceptors (Lipinski definition) is 2. The summed E-state index contributed by atoms with van der Waals surface area (Å²) in [5.41, 5.74) is 20.1. The zero-order valence-corrected chi connectivity index (χ0v) is 33.6. The van der Waals surface area contributed by atoms with Crippen LogP contribution >= 0.6 is 0 Å². The van der Waals surface area contributed by atoms with Crippen LogP contribution in [0.5, 0.6) is 11.5 Å². The van der Waals surface area contributed by atoms with Gasteiger partial charge in [0, 0.05) is 33.5 Å². The van der Waals surface area contributed by atoms with E-state index in [4.69, 9.17) is 4.74 Å². The quantitative estimate of drug-likeness (QED) is 0.173. The normalized spacial score (nSPS) is 14.2. The van der Waals surface area contributed by atoms with Gasteiger partial charge in [-0.3, -0.25) is 0 Å². The fourth-order valence-electron chi connectivity index (χ4n) is 10.6. The van der Waals surface area contributed by atoms with Gasteiger partial charge in [0.1, 0.15) is 11.5 Å². The first-order valence-electron chi connectivity index (χ1n) is 20.9. The molecule has 9 aromatic rings. The average Bonchev–Trinajstić information content (AvgIpc) is 3.72. The van der Waals surface area contributed by atoms with Gasteiger partial charge in [0.2, 0.25) is 0 Å². The van der Waals surface area contributed by atoms with E-state index in [1.807, 2.05) is 0 Å². The standard InChI is InChI=1S/C58H41NO/c1-57(2)51-35-40(38-17-5-3-6-18-38)29-32-45(51)46-33-30-41(36-52(46)57)59(54-26-14-10-21-43(54)39-19-7-4-8-20-39)42-31-34-47-44-22-9-11-23-48(44)58(53(47)37-42)49-24-12-15-27-55(49)60-56-28-16-13-25-50(56)58/h3-37H,1-2H3. The number of para-hydroxylation sites is 3. The van der Waals surface area contributed by atoms with Crippen molar-refractivity contribution in [2.45, 2.75) is 24.7 Å². The van der Waals surface area contributed by atoms with Crippen molar-refractivity contribution in [3.05, 3.63) is 246 Å². The van der Waals surface area contributed by atoms with Crippen molar-refractivity contribution < 1.29 is 4.74 Å². The van der Waals surface area contributed by atoms with Gasteiger partial charge in [-0.15, -0.1) is 0 Å². The van der Waals surface area contributed by atoms with Crippen LogP contribution in [0.1, 0.15) is 47.2 Å². The van der Waals surface area contributed by atoms with E-state index in [0.29, 0.717) is 0 Å². The molecule has 1 spiro atoms. The Bertz CT molecular complexity index is 3110. The second kappa shape index (κ2) is 13.0. The molecule has 1 heterocycles. The molecule has 0 amide bonds. The van der Waals surface area contributed by atoms with Crippen LogP contribution in [0.3, 0.4) is 0 Å². The van der Waals surface area contributed by atoms with Crippen LogP contribution in [0.4, 0.5) is 17.1 Å². The van der Waals surface area contributed by atoms with Gasteiger partial charge < -0.3 is 9.64 Å². The van der Waals surface area contributed by atoms with E-state index < -0.39 is 5.41 Å². The van der Waals surface area contributed by atoms with Crippen LogP contribution < -0.4 is 9.64 Å². The first kappa shape index (κ1) is 34.6. The zero-order chi connectivity index (χ0) is 40.0. The van der Waals surface area contributed by atoms with Crippen LogP contribution in [0, 0.1) is 0 Å². The summed E-state index contributed by atoms with van der Waals surface area (Å²) in [6.07, 6.45) is 0. The summed E-state index contributed by atoms with van der Waals surface area (Å²) in [4.78, 5) is 2.49. The second-order valence-electron chi connectivity index (χ2n) is 16.8. The Labute approximate surface area is 351 Å². The summed E-state index contributed by atoms with van der Waals surface area (Å²) in [7, 11) is 0. The minimum Gasteiger partial charge on any atom is -0.457 e. The molecule has 0 radical (unpaired) electrons. The largest absolute Gasteiger partial charge is 0.457 e. The number of fused-ring (bicyclic) bond motifs is 12. The lowest BCUT2D eigenvalue weighted by molar-refractivity contribution is 0.436. The minimum absolute atomic E-state index is 0.213. The Kier molecular flexibility index (Phi) is 7.52. The summed E-state index contributed by atoms with van der Waals surface area (Å²) < 4.78 is 6.69. The summed E-state index contributed by atoms with van der Waals surface area (Å²) >= 11 is 0. The fourth-order valence-corrected chi connectivity index (χ4v) is 10.6. The van der Waals surface area contributed by atoms with Gasteiger partial charge in [0.25, 0.3) is 0 Å². The molecule has 0 atom stereocenters. The van der Waals surface area contributed by atoms with Crippen LogP contribution in [-0.4, -0.2) is 0 Å². The second-order valence-corrected chi connectivity index (χ2v) is 16.8. The molecular formula is C58H41NO. The lowest BCUT2D eigenvalue weighted by Crippen LogP contribution is -2.32. The van der Waals surface area contributed by atoms with E-state index in [9.17, 15) is 0 Å². The molecule has 12 rings (SSSR count). The molecule has 0 saturated heterocycles. The highest BCUT2D eigenvalue weighted by atomic mass is 16.5. The first-order valence-corrected chi connectivity index (χ1v) is 20.9. The average molecular weight is 768 g/mol. The fraction of sp³-hybridized carbons (Fsp3) is 0.0690. The Morgan fingerprint density at radius 2 is 0.800 bits per heavy atom. The van der Waals surface area contributed by atoms with Gasteiger partial charge in [-0.1, -0.05) is 178 Å². The van der Waals surface area contributed by atoms with Crippen molar-refractivity contribution in [1.82, 2.24) is 0 Å². The van der Waals surface area contributed by atoms with E-state index in [0.717, 1.165) is 39.7 Å². The monoisotopic (exact) mass is 767 g/mol. The molecular weight excluding hydrogens is 727 g/mol. The third-order valence-corrected chi connectivity index (χ3v) is 13.3. The number of rotatable bonds is 5. The maximum absolute atomic E-state index is 6.69. The van der Waals surface area contributed by atoms with Crippen molar-refractivity contribution in [3.63, 3.8) is 0 Å². The van der Waals surface area contributed by atoms with Gasteiger partial charge in [-0.05, 0) is 110 Å². The molecule has 2 nitrogen and oxygen atoms in total. The SMILES string of the molecule is CC1(C)c2cc(-c3ccccc3)ccc2-c2ccc(N(c3ccc4c(c3)C3(c5ccccc5Oc5ccccc53)c3ccccc3-4)c3ccccc3-c3ccccc3)cc21. The van der Waals surface area contributed by atoms with Crippen LogP contribution in [0.15, 0.2) is 212 Å². The highest BCUT2D eigenvalue weighted by Crippen LogP contribution is 2.63. The molecule has 60 heavy (non-hydrogen) atoms. The maximum Gasteiger partial charge on any atom is 0.132 e. The number of ether oxygens (including phenoxy) is 1. The Balaban J connectivity index is 1.10. The predicted octanol–water partition coefficient (Wildman–Crippen LogP) is 15.3. The Morgan fingerprint density at radius 3 is 1.47 bits per heavy atom. The molecule has 0 unspecified atom stereocenters. The minimum atomic E-state index is -0.573. The van der Waals surface area contributed by atoms with Crippen LogP contribution in [-0.2, 0) is 10.8 Å². The lowest BCUT2D eigenvalue weighted by Gasteiger charge is -2.39. The highest BCUT2D eigenvalue weighted by molar-refractivity contribution is 5.94. The van der Waals surface area contributed by atoms with Crippen molar-refractivity contribution in [2.24, 2.45) is 0 Å². The van der Waals surface area contributed by atoms with E-state index in [2.05, 4.69) is 231 Å². The van der Waals surface area contributed by atoms with E-state index in [1.54, 1.807) is 0 Å². The summed E-state index contributed by atoms with van der Waals surface area (Å²) in [6.45, 7) is 4.77. The van der Waals surface area contributed by atoms with E-state index >= 15 is 0 Å². The highest BCUT2D eigenvalue weighted by Gasteiger charge is 2.51. The third kappa shape index (κ3) is 4.88. The van der Waals surface area contributed by atoms with E-state index in [1.165, 1.54) is 66.8 Å². The molecule has 0 N–H and O–H groups in total. The topological polar surface area (TPSA) is 12.5 Å². The molecule has 284 valence electrons. The Morgan fingerprint density at radius 1 is 0.333 bits per heavy atom. The van der Waals surface area contributed by atoms with Crippen LogP contribution in [0.25, 0.3) is 44.5 Å². The molecule has 0 bridgehead atoms. The molecule has 2 aliphatic carbocycles. The van der Waals surface area contributed by atoms with Crippen molar-refractivity contribution in [1.29, 1.82) is 0 Å². The number of hydrogen-bond donors (Lipinski definition) is 0. The third-order valence-electron chi connectivity index (χ3n) is 13.3. The predicted molar refractivity (Wildman–Crippen MR) is 247 cm³/mol. The molecule has 9 aromatic carbocycles. The molecule has 0 aromatic heterocycles. The van der Waals surface area contributed by atoms with Gasteiger partial charge >= 0.3 is 0 Å². The van der Waals surface area contributed by atoms with Crippen molar-refractivity contribution >= 4 is 17.1 Å². The summed E-state index contributed by atoms with van der Waals surface area (Å²) in [5, 5.41) is 0. The summed E-state index contributed by atoms with van der Waals surface area (Å²) in [6, 6.07) is 77.9. The van der Waals surface area contributed by atoms with Crippen molar-refractivity contribution in [3.8, 4) is 56.0 Å². The van der Waals surface area contributed by atoms with E-state index in [-0.39, 0.29) is 5.41 Å². The van der Waals surface area contributed by atoms with Gasteiger partial charge in [-0.25, -0.2) is 0 Å². The lowest BCUT2D eigenvalue weighted by atomic mass is 9.66. The zero-order valence-electron chi connectivity index (χ0n) is 33.6. The molecule has 0 fully saturated rings. The number of anilines is 3. The van der Waals surface area contributed by atoms with Gasteiger partial charge in [0.05, 0.1) is 11.1 Å². The number of nitrogens with zero attached hydrogens (tertiary/aromatic N) is 1. The van der Waals surface area contributed by atoms with Crippen molar-refractivity contribution in [2.75, 3.05) is 4.90 Å². The molecule has 1 aliphatic heterocycles.